The summed E-state index contributed by atoms with van der Waals surface area (Å²) in [7, 11) is 4.12. The third-order valence-electron chi connectivity index (χ3n) is 4.80. The maximum atomic E-state index is 13.8. The van der Waals surface area contributed by atoms with Crippen LogP contribution in [0.15, 0.2) is 30.5 Å². The monoisotopic (exact) mass is 389 g/mol. The van der Waals surface area contributed by atoms with E-state index in [1.54, 1.807) is 17.2 Å². The molecule has 4 nitrogen and oxygen atoms in total. The van der Waals surface area contributed by atoms with Crippen LogP contribution in [-0.4, -0.2) is 34.0 Å². The normalized spacial score (nSPS) is 20.8. The molecule has 0 aliphatic carbocycles. The van der Waals surface area contributed by atoms with Crippen LogP contribution in [0, 0.1) is 17.2 Å². The van der Waals surface area contributed by atoms with Crippen LogP contribution in [0.2, 0.25) is 0 Å². The lowest BCUT2D eigenvalue weighted by Crippen LogP contribution is -2.43. The van der Waals surface area contributed by atoms with Crippen LogP contribution in [-0.2, 0) is 4.79 Å². The molecule has 4 atom stereocenters. The van der Waals surface area contributed by atoms with Crippen molar-refractivity contribution in [3.63, 3.8) is 0 Å². The molecule has 1 aromatic carbocycles. The maximum Gasteiger partial charge on any atom is 0.226 e. The highest BCUT2D eigenvalue weighted by molar-refractivity contribution is 7.39. The Hall–Kier alpha value is -1.62. The first kappa shape index (κ1) is 19.2. The lowest BCUT2D eigenvalue weighted by atomic mass is 9.83. The average molecular weight is 389 g/mol. The minimum Gasteiger partial charge on any atom is -0.342 e. The van der Waals surface area contributed by atoms with E-state index in [4.69, 9.17) is 0 Å². The summed E-state index contributed by atoms with van der Waals surface area (Å²) in [5.74, 6) is 0.290. The van der Waals surface area contributed by atoms with E-state index in [0.29, 0.717) is 30.1 Å². The summed E-state index contributed by atoms with van der Waals surface area (Å²) >= 11 is 0. The van der Waals surface area contributed by atoms with Gasteiger partial charge in [0.2, 0.25) is 5.91 Å². The Balaban J connectivity index is 1.93. The Labute approximate surface area is 157 Å². The lowest BCUT2D eigenvalue weighted by Gasteiger charge is -2.38. The molecule has 1 amide bonds. The number of benzene rings is 1. The number of carbonyl (C=O) groups excluding carboxylic acids is 1. The van der Waals surface area contributed by atoms with Crippen molar-refractivity contribution in [2.75, 3.05) is 13.1 Å². The second kappa shape index (κ2) is 7.55. The fraction of sp³-hybridized carbons (Fsp3) is 0.421. The number of piperidine rings is 1. The minimum absolute atomic E-state index is 0.144. The van der Waals surface area contributed by atoms with Gasteiger partial charge in [0.15, 0.2) is 0 Å². The number of nitrogens with zero attached hydrogens (tertiary/aromatic N) is 3. The van der Waals surface area contributed by atoms with E-state index in [9.17, 15) is 14.4 Å². The first-order chi connectivity index (χ1) is 12.3. The molecule has 0 spiro atoms. The van der Waals surface area contributed by atoms with Crippen LogP contribution in [0.1, 0.15) is 36.8 Å². The number of amides is 1. The summed E-state index contributed by atoms with van der Waals surface area (Å²) in [6.07, 6.45) is 2.46. The van der Waals surface area contributed by atoms with Crippen molar-refractivity contribution in [3.05, 3.63) is 41.6 Å². The number of carbonyl (C=O) groups is 1. The summed E-state index contributed by atoms with van der Waals surface area (Å²) in [5.41, 5.74) is 2.34. The van der Waals surface area contributed by atoms with Gasteiger partial charge in [0.05, 0.1) is 17.5 Å². The van der Waals surface area contributed by atoms with E-state index in [0.717, 1.165) is 17.4 Å². The molecule has 1 aromatic heterocycles. The molecule has 1 aliphatic heterocycles. The molecule has 7 heteroatoms. The molecule has 26 heavy (non-hydrogen) atoms. The summed E-state index contributed by atoms with van der Waals surface area (Å²) in [4.78, 5) is 18.6. The van der Waals surface area contributed by atoms with Crippen LogP contribution < -0.4 is 0 Å². The van der Waals surface area contributed by atoms with Crippen LogP contribution in [0.25, 0.3) is 10.9 Å². The Morgan fingerprint density at radius 1 is 1.42 bits per heavy atom. The molecule has 0 saturated carbocycles. The smallest absolute Gasteiger partial charge is 0.226 e. The second-order valence-electron chi connectivity index (χ2n) is 7.15. The summed E-state index contributed by atoms with van der Waals surface area (Å²) < 4.78 is 13.8. The molecule has 1 saturated heterocycles. The van der Waals surface area contributed by atoms with Crippen LogP contribution in [0.4, 0.5) is 4.39 Å². The molecule has 3 unspecified atom stereocenters. The third kappa shape index (κ3) is 4.20. The molecule has 1 aliphatic rings. The van der Waals surface area contributed by atoms with Gasteiger partial charge in [-0.3, -0.25) is 9.78 Å². The fourth-order valence-electron chi connectivity index (χ4n) is 3.77. The lowest BCUT2D eigenvalue weighted by molar-refractivity contribution is -0.134. The number of fused-ring (bicyclic) bond motifs is 1. The molecule has 2 heterocycles. The summed E-state index contributed by atoms with van der Waals surface area (Å²) in [5, 5.41) is 8.60. The first-order valence-electron chi connectivity index (χ1n) is 8.60. The zero-order valence-electron chi connectivity index (χ0n) is 14.7. The molecule has 3 rings (SSSR count). The van der Waals surface area contributed by atoms with Crippen LogP contribution in [0.5, 0.6) is 0 Å². The number of halogens is 1. The summed E-state index contributed by atoms with van der Waals surface area (Å²) in [6.45, 7) is 3.32. The van der Waals surface area contributed by atoms with E-state index in [2.05, 4.69) is 36.5 Å². The third-order valence-corrected chi connectivity index (χ3v) is 5.21. The number of pyridine rings is 1. The quantitative estimate of drug-likeness (QED) is 0.750. The Morgan fingerprint density at radius 2 is 2.19 bits per heavy atom. The Kier molecular flexibility index (Phi) is 5.56. The molecule has 136 valence electrons. The predicted octanol–water partition coefficient (Wildman–Crippen LogP) is 3.82. The minimum atomic E-state index is -1.67. The first-order valence-corrected chi connectivity index (χ1v) is 9.76. The van der Waals surface area contributed by atoms with E-state index in [1.807, 2.05) is 18.2 Å². The van der Waals surface area contributed by atoms with Crippen molar-refractivity contribution in [2.24, 2.45) is 5.92 Å². The van der Waals surface area contributed by atoms with Gasteiger partial charge >= 0.3 is 0 Å². The predicted molar refractivity (Wildman–Crippen MR) is 107 cm³/mol. The van der Waals surface area contributed by atoms with Gasteiger partial charge in [-0.25, -0.2) is 4.39 Å². The molecular weight excluding hydrogens is 367 g/mol. The highest BCUT2D eigenvalue weighted by atomic mass is 31.1. The largest absolute Gasteiger partial charge is 0.342 e. The van der Waals surface area contributed by atoms with E-state index in [1.165, 1.54) is 0 Å². The van der Waals surface area contributed by atoms with Crippen LogP contribution in [0.3, 0.4) is 0 Å². The van der Waals surface area contributed by atoms with Crippen LogP contribution >= 0.6 is 18.5 Å². The van der Waals surface area contributed by atoms with Gasteiger partial charge in [0.1, 0.15) is 11.2 Å². The SMILES string of the molecule is CC1C[C@@H](c2ccc(C#N)c3ncccc23)CN(C(=O)CC(F)(P)P)C1. The number of hydrogen-bond acceptors (Lipinski definition) is 3. The zero-order chi connectivity index (χ0) is 18.9. The van der Waals surface area contributed by atoms with Crippen molar-refractivity contribution in [1.82, 2.24) is 9.88 Å². The van der Waals surface area contributed by atoms with Gasteiger partial charge in [-0.15, -0.1) is 0 Å². The maximum absolute atomic E-state index is 13.8. The van der Waals surface area contributed by atoms with Crippen molar-refractivity contribution in [1.29, 1.82) is 5.26 Å². The van der Waals surface area contributed by atoms with Gasteiger partial charge < -0.3 is 4.90 Å². The Bertz CT molecular complexity index is 875. The number of nitriles is 1. The number of alkyl halides is 1. The number of rotatable bonds is 3. The number of aromatic nitrogens is 1. The molecule has 2 aromatic rings. The van der Waals surface area contributed by atoms with Crippen molar-refractivity contribution >= 4 is 35.3 Å². The van der Waals surface area contributed by atoms with Gasteiger partial charge in [-0.2, -0.15) is 5.26 Å². The van der Waals surface area contributed by atoms with E-state index >= 15 is 0 Å². The van der Waals surface area contributed by atoms with Gasteiger partial charge in [0.25, 0.3) is 0 Å². The standard InChI is InChI=1S/C19H22FN3OP2/c1-12-7-14(11-23(10-12)17(24)8-19(20,25)26)15-5-4-13(9-21)18-16(15)3-2-6-22-18/h2-6,12,14H,7-8,10-11,25-26H2,1H3/t12?,14-/m1/s1. The fourth-order valence-corrected chi connectivity index (χ4v) is 4.11. The average Bonchev–Trinajstić information content (AvgIpc) is 2.58. The van der Waals surface area contributed by atoms with Gasteiger partial charge in [0, 0.05) is 30.6 Å². The molecule has 1 fully saturated rings. The summed E-state index contributed by atoms with van der Waals surface area (Å²) in [6, 6.07) is 9.80. The van der Waals surface area contributed by atoms with Gasteiger partial charge in [-0.05, 0) is 30.0 Å². The highest BCUT2D eigenvalue weighted by Crippen LogP contribution is 2.37. The van der Waals surface area contributed by atoms with E-state index < -0.39 is 5.15 Å². The molecule has 0 N–H and O–H groups in total. The van der Waals surface area contributed by atoms with E-state index in [-0.39, 0.29) is 18.2 Å². The number of likely N-dealkylation sites (tertiary alicyclic amines) is 1. The van der Waals surface area contributed by atoms with Crippen molar-refractivity contribution < 1.29 is 9.18 Å². The molecular formula is C19H22FN3OP2. The highest BCUT2D eigenvalue weighted by Gasteiger charge is 2.32. The van der Waals surface area contributed by atoms with Gasteiger partial charge in [-0.1, -0.05) is 37.5 Å². The zero-order valence-corrected chi connectivity index (χ0v) is 17.0. The molecule has 0 bridgehead atoms. The number of hydrogen-bond donors (Lipinski definition) is 0. The molecule has 0 radical (unpaired) electrons. The van der Waals surface area contributed by atoms with Crippen molar-refractivity contribution in [2.45, 2.75) is 30.8 Å². The topological polar surface area (TPSA) is 57.0 Å². The Morgan fingerprint density at radius 3 is 2.88 bits per heavy atom. The second-order valence-corrected chi connectivity index (χ2v) is 9.74. The van der Waals surface area contributed by atoms with Crippen molar-refractivity contribution in [3.8, 4) is 6.07 Å².